The van der Waals surface area contributed by atoms with Gasteiger partial charge in [0.1, 0.15) is 17.5 Å². The van der Waals surface area contributed by atoms with E-state index in [1.54, 1.807) is 6.92 Å². The summed E-state index contributed by atoms with van der Waals surface area (Å²) in [7, 11) is 0. The number of rotatable bonds is 6. The zero-order valence-corrected chi connectivity index (χ0v) is 18.0. The topological polar surface area (TPSA) is 66.6 Å². The van der Waals surface area contributed by atoms with Crippen molar-refractivity contribution in [2.45, 2.75) is 26.3 Å². The Labute approximate surface area is 179 Å². The lowest BCUT2D eigenvalue weighted by atomic mass is 10.1. The van der Waals surface area contributed by atoms with Gasteiger partial charge in [-0.3, -0.25) is 9.39 Å². The molecule has 6 nitrogen and oxygen atoms in total. The number of guanidine groups is 1. The van der Waals surface area contributed by atoms with Crippen LogP contribution in [-0.4, -0.2) is 33.6 Å². The van der Waals surface area contributed by atoms with E-state index in [1.165, 1.54) is 12.1 Å². The van der Waals surface area contributed by atoms with Gasteiger partial charge in [0.15, 0.2) is 11.6 Å². The van der Waals surface area contributed by atoms with E-state index >= 15 is 0 Å². The van der Waals surface area contributed by atoms with Crippen LogP contribution in [0.15, 0.2) is 47.6 Å². The van der Waals surface area contributed by atoms with Crippen molar-refractivity contribution in [1.29, 1.82) is 0 Å². The van der Waals surface area contributed by atoms with E-state index in [0.29, 0.717) is 31.0 Å². The number of hydrogen-bond donors (Lipinski definition) is 2. The van der Waals surface area contributed by atoms with E-state index in [2.05, 4.69) is 25.8 Å². The summed E-state index contributed by atoms with van der Waals surface area (Å²) in [5.41, 5.74) is 1.17. The van der Waals surface area contributed by atoms with Gasteiger partial charge in [0.25, 0.3) is 0 Å². The van der Waals surface area contributed by atoms with Crippen molar-refractivity contribution in [3.05, 3.63) is 65.6 Å². The molecule has 0 saturated carbocycles. The first-order valence-electron chi connectivity index (χ1n) is 8.87. The quantitative estimate of drug-likeness (QED) is 0.309. The molecule has 1 aromatic carbocycles. The molecule has 2 heterocycles. The normalized spacial score (nSPS) is 12.5. The lowest BCUT2D eigenvalue weighted by Gasteiger charge is -2.18. The molecule has 0 fully saturated rings. The van der Waals surface area contributed by atoms with E-state index in [4.69, 9.17) is 0 Å². The van der Waals surface area contributed by atoms with Crippen LogP contribution in [0.25, 0.3) is 5.65 Å². The molecular weight excluding hydrogens is 477 g/mol. The number of pyridine rings is 1. The Balaban J connectivity index is 0.00000280. The minimum absolute atomic E-state index is 0. The van der Waals surface area contributed by atoms with Gasteiger partial charge >= 0.3 is 0 Å². The van der Waals surface area contributed by atoms with Gasteiger partial charge in [-0.15, -0.1) is 34.2 Å². The molecule has 150 valence electrons. The molecule has 0 saturated heterocycles. The second-order valence-corrected chi connectivity index (χ2v) is 6.09. The van der Waals surface area contributed by atoms with Crippen LogP contribution in [0.5, 0.6) is 0 Å². The second-order valence-electron chi connectivity index (χ2n) is 6.09. The van der Waals surface area contributed by atoms with E-state index in [1.807, 2.05) is 35.7 Å². The van der Waals surface area contributed by atoms with Gasteiger partial charge in [-0.1, -0.05) is 12.1 Å². The maximum Gasteiger partial charge on any atom is 0.191 e. The van der Waals surface area contributed by atoms with Crippen molar-refractivity contribution in [3.63, 3.8) is 0 Å². The van der Waals surface area contributed by atoms with Crippen molar-refractivity contribution in [2.75, 3.05) is 13.1 Å². The Hall–Kier alpha value is -2.30. The fraction of sp³-hybridized carbons (Fsp3) is 0.316. The summed E-state index contributed by atoms with van der Waals surface area (Å²) in [4.78, 5) is 4.52. The smallest absolute Gasteiger partial charge is 0.191 e. The van der Waals surface area contributed by atoms with Gasteiger partial charge in [-0.2, -0.15) is 0 Å². The predicted octanol–water partition coefficient (Wildman–Crippen LogP) is 3.48. The lowest BCUT2D eigenvalue weighted by molar-refractivity contribution is 0.551. The third-order valence-corrected chi connectivity index (χ3v) is 4.12. The van der Waals surface area contributed by atoms with Crippen LogP contribution in [0.2, 0.25) is 0 Å². The number of aromatic nitrogens is 3. The number of nitrogens with zero attached hydrogens (tertiary/aromatic N) is 4. The standard InChI is InChI=1S/C19H22F2N6.HI/c1-3-22-19(24-13(2)15-8-7-14(20)12-16(15)21)23-10-9-18-26-25-17-6-4-5-11-27(17)18;/h4-8,11-13H,3,9-10H2,1-2H3,(H2,22,23,24);1H. The lowest BCUT2D eigenvalue weighted by Crippen LogP contribution is -2.39. The van der Waals surface area contributed by atoms with Gasteiger partial charge in [0.2, 0.25) is 0 Å². The van der Waals surface area contributed by atoms with Crippen LogP contribution >= 0.6 is 24.0 Å². The fourth-order valence-corrected chi connectivity index (χ4v) is 2.78. The highest BCUT2D eigenvalue weighted by Gasteiger charge is 2.13. The molecule has 9 heteroatoms. The van der Waals surface area contributed by atoms with Crippen molar-refractivity contribution in [1.82, 2.24) is 25.2 Å². The van der Waals surface area contributed by atoms with Crippen LogP contribution in [-0.2, 0) is 6.42 Å². The van der Waals surface area contributed by atoms with Gasteiger partial charge in [-0.05, 0) is 32.0 Å². The van der Waals surface area contributed by atoms with Gasteiger partial charge in [0.05, 0.1) is 6.04 Å². The first kappa shape index (κ1) is 22.0. The van der Waals surface area contributed by atoms with E-state index in [0.717, 1.165) is 17.5 Å². The molecule has 2 N–H and O–H groups in total. The Morgan fingerprint density at radius 3 is 2.79 bits per heavy atom. The summed E-state index contributed by atoms with van der Waals surface area (Å²) in [6, 6.07) is 8.93. The molecule has 3 rings (SSSR count). The maximum atomic E-state index is 14.0. The monoisotopic (exact) mass is 500 g/mol. The summed E-state index contributed by atoms with van der Waals surface area (Å²) >= 11 is 0. The number of hydrogen-bond acceptors (Lipinski definition) is 3. The number of nitrogens with one attached hydrogen (secondary N) is 2. The van der Waals surface area contributed by atoms with Gasteiger partial charge < -0.3 is 10.6 Å². The summed E-state index contributed by atoms with van der Waals surface area (Å²) in [6.45, 7) is 4.91. The molecular formula is C19H23F2IN6. The molecule has 1 unspecified atom stereocenters. The van der Waals surface area contributed by atoms with Crippen molar-refractivity contribution in [2.24, 2.45) is 4.99 Å². The largest absolute Gasteiger partial charge is 0.357 e. The molecule has 0 aliphatic rings. The van der Waals surface area contributed by atoms with E-state index in [9.17, 15) is 8.78 Å². The molecule has 0 aliphatic heterocycles. The van der Waals surface area contributed by atoms with E-state index < -0.39 is 11.6 Å². The second kappa shape index (κ2) is 10.3. The molecule has 0 spiro atoms. The van der Waals surface area contributed by atoms with Crippen molar-refractivity contribution >= 4 is 35.6 Å². The Kier molecular flexibility index (Phi) is 8.09. The van der Waals surface area contributed by atoms with Crippen LogP contribution in [0.3, 0.4) is 0 Å². The predicted molar refractivity (Wildman–Crippen MR) is 116 cm³/mol. The molecule has 0 radical (unpaired) electrons. The summed E-state index contributed by atoms with van der Waals surface area (Å²) in [5.74, 6) is 0.204. The first-order chi connectivity index (χ1) is 13.1. The SMILES string of the molecule is CCNC(=NCCc1nnc2ccccn12)NC(C)c1ccc(F)cc1F.I. The number of aliphatic imine (C=N–C) groups is 1. The fourth-order valence-electron chi connectivity index (χ4n) is 2.78. The number of halogens is 3. The number of benzene rings is 1. The average Bonchev–Trinajstić information content (AvgIpc) is 3.05. The molecule has 1 atom stereocenters. The summed E-state index contributed by atoms with van der Waals surface area (Å²) < 4.78 is 29.0. The van der Waals surface area contributed by atoms with Crippen molar-refractivity contribution in [3.8, 4) is 0 Å². The highest BCUT2D eigenvalue weighted by atomic mass is 127. The highest BCUT2D eigenvalue weighted by molar-refractivity contribution is 14.0. The number of fused-ring (bicyclic) bond motifs is 1. The average molecular weight is 500 g/mol. The van der Waals surface area contributed by atoms with Crippen molar-refractivity contribution < 1.29 is 8.78 Å². The Morgan fingerprint density at radius 1 is 1.21 bits per heavy atom. The molecule has 0 aliphatic carbocycles. The van der Waals surface area contributed by atoms with Crippen LogP contribution in [0.1, 0.15) is 31.3 Å². The minimum atomic E-state index is -0.593. The van der Waals surface area contributed by atoms with Crippen LogP contribution < -0.4 is 10.6 Å². The zero-order chi connectivity index (χ0) is 19.2. The first-order valence-corrected chi connectivity index (χ1v) is 8.87. The Morgan fingerprint density at radius 2 is 2.04 bits per heavy atom. The van der Waals surface area contributed by atoms with Gasteiger partial charge in [0, 0.05) is 37.3 Å². The minimum Gasteiger partial charge on any atom is -0.357 e. The molecule has 3 aromatic rings. The van der Waals surface area contributed by atoms with Crippen LogP contribution in [0.4, 0.5) is 8.78 Å². The maximum absolute atomic E-state index is 14.0. The molecule has 28 heavy (non-hydrogen) atoms. The third kappa shape index (κ3) is 5.37. The summed E-state index contributed by atoms with van der Waals surface area (Å²) in [6.07, 6.45) is 2.53. The molecule has 0 amide bonds. The molecule has 2 aromatic heterocycles. The molecule has 0 bridgehead atoms. The highest BCUT2D eigenvalue weighted by Crippen LogP contribution is 2.17. The third-order valence-electron chi connectivity index (χ3n) is 4.12. The summed E-state index contributed by atoms with van der Waals surface area (Å²) in [5, 5.41) is 14.6. The Bertz CT molecular complexity index is 943. The van der Waals surface area contributed by atoms with Gasteiger partial charge in [-0.25, -0.2) is 8.78 Å². The van der Waals surface area contributed by atoms with Crippen LogP contribution in [0, 0.1) is 11.6 Å². The zero-order valence-electron chi connectivity index (χ0n) is 15.7. The van der Waals surface area contributed by atoms with E-state index in [-0.39, 0.29) is 30.0 Å².